The van der Waals surface area contributed by atoms with E-state index in [0.29, 0.717) is 4.47 Å². The molecule has 1 aliphatic rings. The highest BCUT2D eigenvalue weighted by Crippen LogP contribution is 2.42. The summed E-state index contributed by atoms with van der Waals surface area (Å²) in [7, 11) is 0. The molecular formula is C16H15Br2NO2. The Morgan fingerprint density at radius 1 is 1.10 bits per heavy atom. The van der Waals surface area contributed by atoms with Crippen molar-refractivity contribution in [3.05, 3.63) is 56.0 Å². The Morgan fingerprint density at radius 3 is 2.52 bits per heavy atom. The third-order valence-corrected chi connectivity index (χ3v) is 5.29. The predicted octanol–water partition coefficient (Wildman–Crippen LogP) is 3.90. The monoisotopic (exact) mass is 411 g/mol. The van der Waals surface area contributed by atoms with Crippen LogP contribution in [0.15, 0.2) is 39.3 Å². The minimum Gasteiger partial charge on any atom is -0.504 e. The van der Waals surface area contributed by atoms with Crippen molar-refractivity contribution in [3.63, 3.8) is 0 Å². The molecule has 0 amide bonds. The Balaban J connectivity index is 2.14. The van der Waals surface area contributed by atoms with Gasteiger partial charge in [0.2, 0.25) is 0 Å². The van der Waals surface area contributed by atoms with E-state index in [9.17, 15) is 10.2 Å². The molecule has 1 heterocycles. The first-order valence-electron chi connectivity index (χ1n) is 6.77. The molecule has 3 rings (SSSR count). The Labute approximate surface area is 140 Å². The molecule has 2 aromatic rings. The first-order chi connectivity index (χ1) is 10.1. The molecule has 1 aliphatic heterocycles. The molecule has 0 saturated carbocycles. The maximum absolute atomic E-state index is 9.95. The lowest BCUT2D eigenvalue weighted by Gasteiger charge is -2.20. The van der Waals surface area contributed by atoms with Crippen molar-refractivity contribution in [2.24, 2.45) is 0 Å². The van der Waals surface area contributed by atoms with Crippen LogP contribution in [0.1, 0.15) is 22.6 Å². The van der Waals surface area contributed by atoms with Gasteiger partial charge in [-0.1, -0.05) is 28.1 Å². The van der Waals surface area contributed by atoms with Gasteiger partial charge in [0.25, 0.3) is 0 Å². The summed E-state index contributed by atoms with van der Waals surface area (Å²) in [5, 5.41) is 23.3. The maximum atomic E-state index is 9.95. The molecule has 0 aromatic heterocycles. The van der Waals surface area contributed by atoms with Crippen molar-refractivity contribution in [1.29, 1.82) is 0 Å². The zero-order chi connectivity index (χ0) is 15.0. The molecule has 0 aliphatic carbocycles. The Hall–Kier alpha value is -1.04. The number of nitrogens with one attached hydrogen (secondary N) is 1. The van der Waals surface area contributed by atoms with E-state index in [4.69, 9.17) is 0 Å². The molecule has 0 fully saturated rings. The molecule has 110 valence electrons. The van der Waals surface area contributed by atoms with Crippen LogP contribution in [-0.2, 0) is 6.42 Å². The molecule has 3 nitrogen and oxygen atoms in total. The fourth-order valence-electron chi connectivity index (χ4n) is 2.81. The zero-order valence-corrected chi connectivity index (χ0v) is 14.4. The summed E-state index contributed by atoms with van der Waals surface area (Å²) in [6, 6.07) is 9.91. The standard InChI is InChI=1S/C16H15Br2NO2/c17-10-3-1-9(2-4-10)13-8-19-6-5-11-12(13)7-14(20)16(21)15(11)18/h1-4,7,13,19-21H,5-6,8H2. The maximum Gasteiger partial charge on any atom is 0.172 e. The van der Waals surface area contributed by atoms with Crippen molar-refractivity contribution in [2.45, 2.75) is 12.3 Å². The van der Waals surface area contributed by atoms with Crippen LogP contribution in [0.3, 0.4) is 0 Å². The van der Waals surface area contributed by atoms with Crippen LogP contribution in [0.5, 0.6) is 11.5 Å². The molecule has 21 heavy (non-hydrogen) atoms. The van der Waals surface area contributed by atoms with E-state index in [2.05, 4.69) is 49.3 Å². The average molecular weight is 413 g/mol. The van der Waals surface area contributed by atoms with Gasteiger partial charge in [-0.3, -0.25) is 0 Å². The molecule has 0 saturated heterocycles. The second-order valence-electron chi connectivity index (χ2n) is 5.18. The van der Waals surface area contributed by atoms with Crippen LogP contribution < -0.4 is 5.32 Å². The van der Waals surface area contributed by atoms with Gasteiger partial charge in [0.1, 0.15) is 0 Å². The lowest BCUT2D eigenvalue weighted by atomic mass is 9.88. The fourth-order valence-corrected chi connectivity index (χ4v) is 3.71. The topological polar surface area (TPSA) is 52.5 Å². The zero-order valence-electron chi connectivity index (χ0n) is 11.2. The second kappa shape index (κ2) is 5.99. The molecule has 0 bridgehead atoms. The van der Waals surface area contributed by atoms with E-state index < -0.39 is 0 Å². The summed E-state index contributed by atoms with van der Waals surface area (Å²) in [6.45, 7) is 1.66. The van der Waals surface area contributed by atoms with Crippen molar-refractivity contribution in [3.8, 4) is 11.5 Å². The number of fused-ring (bicyclic) bond motifs is 1. The number of aromatic hydroxyl groups is 2. The Bertz CT molecular complexity index is 671. The summed E-state index contributed by atoms with van der Waals surface area (Å²) in [4.78, 5) is 0. The number of benzene rings is 2. The first kappa shape index (κ1) is 14.9. The van der Waals surface area contributed by atoms with Crippen molar-refractivity contribution < 1.29 is 10.2 Å². The van der Waals surface area contributed by atoms with Crippen molar-refractivity contribution in [1.82, 2.24) is 5.32 Å². The van der Waals surface area contributed by atoms with E-state index in [1.807, 2.05) is 12.1 Å². The number of rotatable bonds is 1. The van der Waals surface area contributed by atoms with Crippen LogP contribution in [0.25, 0.3) is 0 Å². The van der Waals surface area contributed by atoms with Gasteiger partial charge in [0.15, 0.2) is 11.5 Å². The molecule has 1 atom stereocenters. The van der Waals surface area contributed by atoms with Crippen LogP contribution in [0.4, 0.5) is 0 Å². The number of halogens is 2. The molecule has 2 aromatic carbocycles. The molecule has 0 spiro atoms. The van der Waals surface area contributed by atoms with E-state index in [1.54, 1.807) is 6.07 Å². The fraction of sp³-hybridized carbons (Fsp3) is 0.250. The van der Waals surface area contributed by atoms with Crippen LogP contribution >= 0.6 is 31.9 Å². The minimum atomic E-state index is -0.0790. The van der Waals surface area contributed by atoms with Crippen molar-refractivity contribution >= 4 is 31.9 Å². The quantitative estimate of drug-likeness (QED) is 0.622. The SMILES string of the molecule is Oc1cc2c(c(Br)c1O)CCNCC2c1ccc(Br)cc1. The highest BCUT2D eigenvalue weighted by Gasteiger charge is 2.25. The molecule has 5 heteroatoms. The normalized spacial score (nSPS) is 18.1. The largest absolute Gasteiger partial charge is 0.504 e. The lowest BCUT2D eigenvalue weighted by Crippen LogP contribution is -2.20. The number of hydrogen-bond donors (Lipinski definition) is 3. The Kier molecular flexibility index (Phi) is 4.24. The van der Waals surface area contributed by atoms with E-state index >= 15 is 0 Å². The lowest BCUT2D eigenvalue weighted by molar-refractivity contribution is 0.400. The Morgan fingerprint density at radius 2 is 1.81 bits per heavy atom. The van der Waals surface area contributed by atoms with Crippen molar-refractivity contribution in [2.75, 3.05) is 13.1 Å². The van der Waals surface area contributed by atoms with E-state index in [0.717, 1.165) is 35.1 Å². The molecular weight excluding hydrogens is 398 g/mol. The summed E-state index contributed by atoms with van der Waals surface area (Å²) in [5.74, 6) is -0.00626. The average Bonchev–Trinajstić information content (AvgIpc) is 2.68. The van der Waals surface area contributed by atoms with Gasteiger partial charge in [-0.25, -0.2) is 0 Å². The summed E-state index contributed by atoms with van der Waals surface area (Å²) in [6.07, 6.45) is 0.816. The first-order valence-corrected chi connectivity index (χ1v) is 8.36. The summed E-state index contributed by atoms with van der Waals surface area (Å²) < 4.78 is 1.64. The smallest absolute Gasteiger partial charge is 0.172 e. The third kappa shape index (κ3) is 2.82. The van der Waals surface area contributed by atoms with Crippen LogP contribution in [-0.4, -0.2) is 23.3 Å². The van der Waals surface area contributed by atoms with Gasteiger partial charge >= 0.3 is 0 Å². The number of phenolic OH excluding ortho intramolecular Hbond substituents is 2. The van der Waals surface area contributed by atoms with E-state index in [-0.39, 0.29) is 17.4 Å². The predicted molar refractivity (Wildman–Crippen MR) is 90.0 cm³/mol. The molecule has 3 N–H and O–H groups in total. The molecule has 0 radical (unpaired) electrons. The van der Waals surface area contributed by atoms with Gasteiger partial charge in [-0.2, -0.15) is 0 Å². The van der Waals surface area contributed by atoms with Gasteiger partial charge in [-0.05, 0) is 63.8 Å². The van der Waals surface area contributed by atoms with Gasteiger partial charge in [-0.15, -0.1) is 0 Å². The van der Waals surface area contributed by atoms with Gasteiger partial charge in [0, 0.05) is 16.9 Å². The summed E-state index contributed by atoms with van der Waals surface area (Å²) >= 11 is 6.87. The summed E-state index contributed by atoms with van der Waals surface area (Å²) in [5.41, 5.74) is 3.30. The minimum absolute atomic E-state index is 0.0785. The third-order valence-electron chi connectivity index (χ3n) is 3.90. The van der Waals surface area contributed by atoms with Crippen LogP contribution in [0, 0.1) is 0 Å². The van der Waals surface area contributed by atoms with Crippen LogP contribution in [0.2, 0.25) is 0 Å². The van der Waals surface area contributed by atoms with Gasteiger partial charge in [0.05, 0.1) is 4.47 Å². The second-order valence-corrected chi connectivity index (χ2v) is 6.89. The highest BCUT2D eigenvalue weighted by atomic mass is 79.9. The number of hydrogen-bond acceptors (Lipinski definition) is 3. The van der Waals surface area contributed by atoms with E-state index in [1.165, 1.54) is 5.56 Å². The van der Waals surface area contributed by atoms with Gasteiger partial charge < -0.3 is 15.5 Å². The molecule has 1 unspecified atom stereocenters. The number of phenols is 2. The highest BCUT2D eigenvalue weighted by molar-refractivity contribution is 9.10.